The molecule has 5 N–H and O–H groups in total. The van der Waals surface area contributed by atoms with Crippen molar-refractivity contribution in [2.75, 3.05) is 0 Å². The Morgan fingerprint density at radius 1 is 1.10 bits per heavy atom. The summed E-state index contributed by atoms with van der Waals surface area (Å²) in [5, 5.41) is 11.4. The zero-order valence-electron chi connectivity index (χ0n) is 10.00. The Labute approximate surface area is 113 Å². The normalized spacial score (nSPS) is 24.4. The second-order valence-electron chi connectivity index (χ2n) is 3.93. The summed E-state index contributed by atoms with van der Waals surface area (Å²) in [6.45, 7) is 0. The van der Waals surface area contributed by atoms with Gasteiger partial charge in [0.15, 0.2) is 12.3 Å². The highest BCUT2D eigenvalue weighted by atomic mass is 16.9. The van der Waals surface area contributed by atoms with Gasteiger partial charge < -0.3 is 10.2 Å². The van der Waals surface area contributed by atoms with Crippen molar-refractivity contribution >= 4 is 17.6 Å². The highest BCUT2D eigenvalue weighted by molar-refractivity contribution is 6.00. The Morgan fingerprint density at radius 3 is 2.71 bits per heavy atom. The van der Waals surface area contributed by atoms with Crippen LogP contribution in [-0.2, 0) is 9.63 Å². The molecule has 2 aliphatic rings. The molecule has 0 radical (unpaired) electrons. The summed E-state index contributed by atoms with van der Waals surface area (Å²) in [4.78, 5) is 59.3. The standard InChI is InChI=1S/C8H7N7O6/c16-3-1-5(11-7(18)9-3)20-15-21-6-2(14-13-1)4(17)10-8(19)12-6/h1,5,15H,(H2,9,11,16,18)(H2,10,12,17,19). The van der Waals surface area contributed by atoms with E-state index in [1.807, 2.05) is 15.9 Å². The van der Waals surface area contributed by atoms with Gasteiger partial charge in [0.2, 0.25) is 5.69 Å². The summed E-state index contributed by atoms with van der Waals surface area (Å²) in [5.74, 6) is -1.14. The highest BCUT2D eigenvalue weighted by Gasteiger charge is 2.38. The number of carbonyl (C=O) groups excluding carboxylic acids is 2. The van der Waals surface area contributed by atoms with Gasteiger partial charge in [0, 0.05) is 0 Å². The number of hydrogen-bond acceptors (Lipinski definition) is 9. The molecule has 0 bridgehead atoms. The molecule has 3 rings (SSSR count). The molecule has 0 spiro atoms. The highest BCUT2D eigenvalue weighted by Crippen LogP contribution is 2.20. The number of hydrogen-bond donors (Lipinski definition) is 5. The molecule has 3 amide bonds. The van der Waals surface area contributed by atoms with Crippen molar-refractivity contribution in [2.24, 2.45) is 10.2 Å². The topological polar surface area (TPSA) is 179 Å². The van der Waals surface area contributed by atoms with Crippen LogP contribution >= 0.6 is 0 Å². The number of rotatable bonds is 0. The zero-order valence-corrected chi connectivity index (χ0v) is 10.00. The Kier molecular flexibility index (Phi) is 2.96. The van der Waals surface area contributed by atoms with E-state index in [1.54, 1.807) is 0 Å². The van der Waals surface area contributed by atoms with Crippen LogP contribution in [0.15, 0.2) is 19.8 Å². The average molecular weight is 297 g/mol. The Hall–Kier alpha value is -3.06. The molecule has 13 nitrogen and oxygen atoms in total. The summed E-state index contributed by atoms with van der Waals surface area (Å²) < 4.78 is 0. The van der Waals surface area contributed by atoms with Crippen LogP contribution in [0.25, 0.3) is 0 Å². The van der Waals surface area contributed by atoms with E-state index >= 15 is 0 Å². The van der Waals surface area contributed by atoms with Gasteiger partial charge in [0.1, 0.15) is 0 Å². The molecule has 0 saturated carbocycles. The molecule has 21 heavy (non-hydrogen) atoms. The number of amides is 3. The number of H-pyrrole nitrogens is 2. The fourth-order valence-electron chi connectivity index (χ4n) is 1.64. The molecule has 13 heteroatoms. The third-order valence-electron chi connectivity index (χ3n) is 2.55. The van der Waals surface area contributed by atoms with E-state index in [0.717, 1.165) is 0 Å². The first kappa shape index (κ1) is 12.9. The first-order valence-corrected chi connectivity index (χ1v) is 5.51. The van der Waals surface area contributed by atoms with Gasteiger partial charge in [-0.1, -0.05) is 0 Å². The maximum atomic E-state index is 11.6. The van der Waals surface area contributed by atoms with Gasteiger partial charge in [-0.3, -0.25) is 24.9 Å². The van der Waals surface area contributed by atoms with E-state index in [2.05, 4.69) is 20.5 Å². The molecule has 1 saturated heterocycles. The van der Waals surface area contributed by atoms with Crippen molar-refractivity contribution < 1.29 is 19.3 Å². The number of aromatic amines is 2. The lowest BCUT2D eigenvalue weighted by Gasteiger charge is -2.26. The third kappa shape index (κ3) is 2.37. The largest absolute Gasteiger partial charge is 0.362 e. The van der Waals surface area contributed by atoms with E-state index in [4.69, 9.17) is 9.68 Å². The summed E-state index contributed by atoms with van der Waals surface area (Å²) >= 11 is 0. The molecule has 3 heterocycles. The lowest BCUT2D eigenvalue weighted by atomic mass is 10.2. The second-order valence-corrected chi connectivity index (χ2v) is 3.93. The molecule has 0 aromatic carbocycles. The average Bonchev–Trinajstić information content (AvgIpc) is 2.47. The van der Waals surface area contributed by atoms with E-state index in [9.17, 15) is 19.2 Å². The second kappa shape index (κ2) is 4.80. The summed E-state index contributed by atoms with van der Waals surface area (Å²) in [6.07, 6.45) is -1.21. The number of aromatic nitrogens is 2. The maximum absolute atomic E-state index is 11.6. The number of imide groups is 1. The minimum Gasteiger partial charge on any atom is -0.362 e. The fraction of sp³-hybridized carbons (Fsp3) is 0.250. The Balaban J connectivity index is 2.03. The van der Waals surface area contributed by atoms with Gasteiger partial charge in [0.05, 0.1) is 0 Å². The quantitative estimate of drug-likeness (QED) is 0.351. The van der Waals surface area contributed by atoms with Crippen LogP contribution in [0.5, 0.6) is 5.88 Å². The molecule has 1 aromatic heterocycles. The van der Waals surface area contributed by atoms with E-state index in [1.165, 1.54) is 0 Å². The SMILES string of the molecule is O=C1NC(=O)C2N=Nc3c([nH]c(=O)[nH]c3=O)ONOC2N1. The van der Waals surface area contributed by atoms with Crippen LogP contribution in [-0.4, -0.2) is 34.2 Å². The number of azo groups is 1. The van der Waals surface area contributed by atoms with Crippen LogP contribution in [0.3, 0.4) is 0 Å². The van der Waals surface area contributed by atoms with Crippen molar-refractivity contribution in [1.82, 2.24) is 26.2 Å². The molecular weight excluding hydrogens is 290 g/mol. The van der Waals surface area contributed by atoms with E-state index in [0.29, 0.717) is 0 Å². The molecule has 110 valence electrons. The lowest BCUT2D eigenvalue weighted by Crippen LogP contribution is -2.62. The van der Waals surface area contributed by atoms with Gasteiger partial charge in [-0.2, -0.15) is 5.11 Å². The van der Waals surface area contributed by atoms with Gasteiger partial charge in [-0.05, 0) is 5.64 Å². The minimum atomic E-state index is -1.25. The summed E-state index contributed by atoms with van der Waals surface area (Å²) in [6, 6.07) is -2.04. The van der Waals surface area contributed by atoms with Crippen LogP contribution in [0.2, 0.25) is 0 Å². The predicted molar refractivity (Wildman–Crippen MR) is 61.3 cm³/mol. The molecule has 2 unspecified atom stereocenters. The summed E-state index contributed by atoms with van der Waals surface area (Å²) in [7, 11) is 0. The number of nitrogens with one attached hydrogen (secondary N) is 5. The zero-order chi connectivity index (χ0) is 15.0. The van der Waals surface area contributed by atoms with E-state index in [-0.39, 0.29) is 11.6 Å². The fourth-order valence-corrected chi connectivity index (χ4v) is 1.64. The smallest absolute Gasteiger partial charge is 0.328 e. The van der Waals surface area contributed by atoms with Crippen molar-refractivity contribution in [3.63, 3.8) is 0 Å². The van der Waals surface area contributed by atoms with Crippen molar-refractivity contribution in [1.29, 1.82) is 0 Å². The van der Waals surface area contributed by atoms with Crippen LogP contribution in [0.1, 0.15) is 0 Å². The van der Waals surface area contributed by atoms with Crippen molar-refractivity contribution in [3.8, 4) is 5.88 Å². The molecular formula is C8H7N7O6. The number of urea groups is 1. The molecule has 2 atom stereocenters. The minimum absolute atomic E-state index is 0.363. The van der Waals surface area contributed by atoms with Gasteiger partial charge in [-0.25, -0.2) is 14.4 Å². The predicted octanol–water partition coefficient (Wildman–Crippen LogP) is -2.49. The van der Waals surface area contributed by atoms with Crippen molar-refractivity contribution in [2.45, 2.75) is 12.3 Å². The first-order chi connectivity index (χ1) is 10.0. The molecule has 0 aliphatic carbocycles. The Morgan fingerprint density at radius 2 is 1.90 bits per heavy atom. The molecule has 1 fully saturated rings. The maximum Gasteiger partial charge on any atom is 0.328 e. The van der Waals surface area contributed by atoms with Crippen LogP contribution < -0.4 is 32.4 Å². The lowest BCUT2D eigenvalue weighted by molar-refractivity contribution is -0.165. The number of nitrogens with zero attached hydrogens (tertiary/aromatic N) is 2. The molecule has 2 aliphatic heterocycles. The van der Waals surface area contributed by atoms with Crippen LogP contribution in [0.4, 0.5) is 10.5 Å². The molecule has 1 aromatic rings. The number of carbonyl (C=O) groups is 2. The Bertz CT molecular complexity index is 750. The van der Waals surface area contributed by atoms with Crippen LogP contribution in [0, 0.1) is 0 Å². The summed E-state index contributed by atoms with van der Waals surface area (Å²) in [5.41, 5.74) is -0.150. The van der Waals surface area contributed by atoms with Gasteiger partial charge in [0.25, 0.3) is 17.3 Å². The van der Waals surface area contributed by atoms with Gasteiger partial charge in [-0.15, -0.1) is 5.11 Å². The first-order valence-electron chi connectivity index (χ1n) is 5.51. The monoisotopic (exact) mass is 297 g/mol. The van der Waals surface area contributed by atoms with Crippen molar-refractivity contribution in [3.05, 3.63) is 20.8 Å². The number of fused-ring (bicyclic) bond motifs is 2. The third-order valence-corrected chi connectivity index (χ3v) is 2.55. The van der Waals surface area contributed by atoms with E-state index < -0.39 is 35.5 Å². The van der Waals surface area contributed by atoms with Gasteiger partial charge >= 0.3 is 11.7 Å².